The van der Waals surface area contributed by atoms with Gasteiger partial charge < -0.3 is 15.0 Å². The van der Waals surface area contributed by atoms with Gasteiger partial charge in [-0.1, -0.05) is 0 Å². The van der Waals surface area contributed by atoms with Crippen LogP contribution < -0.4 is 15.0 Å². The van der Waals surface area contributed by atoms with Crippen molar-refractivity contribution in [3.05, 3.63) is 48.3 Å². The number of benzene rings is 1. The molecule has 0 spiro atoms. The van der Waals surface area contributed by atoms with E-state index in [1.165, 1.54) is 12.1 Å². The molecule has 2 aromatic rings. The van der Waals surface area contributed by atoms with Crippen LogP contribution in [0.15, 0.2) is 42.7 Å². The van der Waals surface area contributed by atoms with E-state index in [4.69, 9.17) is 0 Å². The fourth-order valence-corrected chi connectivity index (χ4v) is 2.81. The van der Waals surface area contributed by atoms with Gasteiger partial charge in [0.15, 0.2) is 0 Å². The van der Waals surface area contributed by atoms with Crippen molar-refractivity contribution in [1.29, 1.82) is 0 Å². The average molecular weight is 366 g/mol. The summed E-state index contributed by atoms with van der Waals surface area (Å²) in [5, 5.41) is 2.90. The Kier molecular flexibility index (Phi) is 5.24. The highest BCUT2D eigenvalue weighted by atomic mass is 19.4. The van der Waals surface area contributed by atoms with Crippen molar-refractivity contribution >= 4 is 11.9 Å². The fourth-order valence-electron chi connectivity index (χ4n) is 2.81. The summed E-state index contributed by atoms with van der Waals surface area (Å²) in [6.07, 6.45) is 0.255. The maximum absolute atomic E-state index is 12.3. The molecular formula is C17H17F3N4O2. The van der Waals surface area contributed by atoms with Crippen molar-refractivity contribution in [3.8, 4) is 5.75 Å². The molecule has 1 unspecified atom stereocenters. The zero-order valence-electron chi connectivity index (χ0n) is 13.7. The van der Waals surface area contributed by atoms with E-state index in [0.29, 0.717) is 12.5 Å². The van der Waals surface area contributed by atoms with Gasteiger partial charge in [-0.25, -0.2) is 9.97 Å². The monoisotopic (exact) mass is 366 g/mol. The van der Waals surface area contributed by atoms with Crippen LogP contribution in [-0.4, -0.2) is 41.4 Å². The molecule has 1 aliphatic rings. The van der Waals surface area contributed by atoms with E-state index in [2.05, 4.69) is 20.0 Å². The largest absolute Gasteiger partial charge is 0.573 e. The van der Waals surface area contributed by atoms with Crippen molar-refractivity contribution in [1.82, 2.24) is 15.3 Å². The number of anilines is 1. The lowest BCUT2D eigenvalue weighted by molar-refractivity contribution is -0.274. The van der Waals surface area contributed by atoms with Crippen LogP contribution in [0.25, 0.3) is 0 Å². The molecule has 3 rings (SSSR count). The number of amides is 1. The molecule has 1 aliphatic heterocycles. The van der Waals surface area contributed by atoms with Gasteiger partial charge in [0.2, 0.25) is 5.95 Å². The van der Waals surface area contributed by atoms with Crippen LogP contribution in [0.5, 0.6) is 5.75 Å². The second kappa shape index (κ2) is 7.59. The number of carbonyl (C=O) groups is 1. The van der Waals surface area contributed by atoms with E-state index in [9.17, 15) is 18.0 Å². The molecule has 1 saturated heterocycles. The smallest absolute Gasteiger partial charge is 0.406 e. The quantitative estimate of drug-likeness (QED) is 0.901. The fraction of sp³-hybridized carbons (Fsp3) is 0.353. The van der Waals surface area contributed by atoms with Crippen LogP contribution in [0.4, 0.5) is 19.1 Å². The number of ether oxygens (including phenoxy) is 1. The maximum Gasteiger partial charge on any atom is 0.573 e. The highest BCUT2D eigenvalue weighted by Gasteiger charge is 2.31. The number of alkyl halides is 3. The number of hydrogen-bond donors (Lipinski definition) is 1. The summed E-state index contributed by atoms with van der Waals surface area (Å²) in [6.45, 7) is 1.38. The normalized spacial score (nSPS) is 17.7. The van der Waals surface area contributed by atoms with Gasteiger partial charge in [0.25, 0.3) is 5.91 Å². The van der Waals surface area contributed by atoms with Gasteiger partial charge in [-0.15, -0.1) is 13.2 Å². The number of hydrogen-bond acceptors (Lipinski definition) is 5. The summed E-state index contributed by atoms with van der Waals surface area (Å²) in [4.78, 5) is 22.7. The Bertz CT molecular complexity index is 738. The zero-order valence-corrected chi connectivity index (χ0v) is 13.7. The third kappa shape index (κ3) is 4.84. The van der Waals surface area contributed by atoms with Gasteiger partial charge in [-0.2, -0.15) is 0 Å². The van der Waals surface area contributed by atoms with Crippen LogP contribution in [0.2, 0.25) is 0 Å². The van der Waals surface area contributed by atoms with E-state index in [0.717, 1.165) is 31.5 Å². The maximum atomic E-state index is 12.3. The number of nitrogens with one attached hydrogen (secondary N) is 1. The summed E-state index contributed by atoms with van der Waals surface area (Å²) in [5.74, 6) is -0.0939. The Balaban J connectivity index is 1.59. The van der Waals surface area contributed by atoms with Gasteiger partial charge in [-0.3, -0.25) is 4.79 Å². The number of aromatic nitrogens is 2. The van der Waals surface area contributed by atoms with Crippen molar-refractivity contribution in [2.75, 3.05) is 18.0 Å². The number of halogens is 3. The molecule has 1 atom stereocenters. The molecule has 1 aromatic carbocycles. The molecule has 0 radical (unpaired) electrons. The molecular weight excluding hydrogens is 349 g/mol. The van der Waals surface area contributed by atoms with Crippen molar-refractivity contribution < 1.29 is 22.7 Å². The molecule has 0 bridgehead atoms. The minimum absolute atomic E-state index is 0.0915. The second-order valence-corrected chi connectivity index (χ2v) is 5.88. The van der Waals surface area contributed by atoms with Gasteiger partial charge in [0.1, 0.15) is 5.75 Å². The predicted octanol–water partition coefficient (Wildman–Crippen LogP) is 2.77. The minimum atomic E-state index is -4.76. The first-order valence-electron chi connectivity index (χ1n) is 8.09. The molecule has 26 heavy (non-hydrogen) atoms. The Hall–Kier alpha value is -2.84. The second-order valence-electron chi connectivity index (χ2n) is 5.88. The third-order valence-electron chi connectivity index (χ3n) is 3.94. The highest BCUT2D eigenvalue weighted by molar-refractivity contribution is 5.94. The zero-order chi connectivity index (χ0) is 18.6. The Morgan fingerprint density at radius 3 is 2.54 bits per heavy atom. The molecule has 0 aliphatic carbocycles. The van der Waals surface area contributed by atoms with Gasteiger partial charge in [-0.05, 0) is 43.2 Å². The summed E-state index contributed by atoms with van der Waals surface area (Å²) in [7, 11) is 0. The van der Waals surface area contributed by atoms with E-state index < -0.39 is 6.36 Å². The molecule has 138 valence electrons. The molecule has 9 heteroatoms. The van der Waals surface area contributed by atoms with Crippen LogP contribution in [0.3, 0.4) is 0 Å². The van der Waals surface area contributed by atoms with Crippen LogP contribution in [-0.2, 0) is 0 Å². The van der Waals surface area contributed by atoms with Gasteiger partial charge in [0.05, 0.1) is 0 Å². The van der Waals surface area contributed by atoms with Crippen LogP contribution >= 0.6 is 0 Å². The van der Waals surface area contributed by atoms with E-state index in [1.54, 1.807) is 18.5 Å². The van der Waals surface area contributed by atoms with Crippen molar-refractivity contribution in [2.45, 2.75) is 25.2 Å². The van der Waals surface area contributed by atoms with Crippen molar-refractivity contribution in [2.24, 2.45) is 0 Å². The third-order valence-corrected chi connectivity index (χ3v) is 3.94. The number of carbonyl (C=O) groups excluding carboxylic acids is 1. The summed E-state index contributed by atoms with van der Waals surface area (Å²) < 4.78 is 40.3. The van der Waals surface area contributed by atoms with E-state index >= 15 is 0 Å². The number of nitrogens with zero attached hydrogens (tertiary/aromatic N) is 3. The molecule has 1 N–H and O–H groups in total. The lowest BCUT2D eigenvalue weighted by Gasteiger charge is -2.33. The number of rotatable bonds is 4. The summed E-state index contributed by atoms with van der Waals surface area (Å²) >= 11 is 0. The lowest BCUT2D eigenvalue weighted by Crippen LogP contribution is -2.48. The van der Waals surface area contributed by atoms with E-state index in [1.807, 2.05) is 4.90 Å². The molecule has 6 nitrogen and oxygen atoms in total. The van der Waals surface area contributed by atoms with Crippen LogP contribution in [0.1, 0.15) is 23.2 Å². The first kappa shape index (κ1) is 18.0. The summed E-state index contributed by atoms with van der Waals surface area (Å²) in [5.41, 5.74) is 0.271. The Labute approximate surface area is 148 Å². The molecule has 1 amide bonds. The number of piperidine rings is 1. The van der Waals surface area contributed by atoms with E-state index in [-0.39, 0.29) is 23.3 Å². The standard InChI is InChI=1S/C17H17F3N4O2/c18-17(19,20)26-14-6-4-12(5-7-14)15(25)23-13-3-1-10-24(11-13)16-21-8-2-9-22-16/h2,4-9,13H,1,3,10-11H2,(H,23,25). The van der Waals surface area contributed by atoms with Gasteiger partial charge in [0, 0.05) is 37.1 Å². The first-order chi connectivity index (χ1) is 12.4. The molecule has 1 fully saturated rings. The Morgan fingerprint density at radius 1 is 1.19 bits per heavy atom. The average Bonchev–Trinajstić information content (AvgIpc) is 2.62. The van der Waals surface area contributed by atoms with Crippen LogP contribution in [0, 0.1) is 0 Å². The summed E-state index contributed by atoms with van der Waals surface area (Å²) in [6, 6.07) is 6.49. The first-order valence-corrected chi connectivity index (χ1v) is 8.09. The lowest BCUT2D eigenvalue weighted by atomic mass is 10.1. The minimum Gasteiger partial charge on any atom is -0.406 e. The highest BCUT2D eigenvalue weighted by Crippen LogP contribution is 2.23. The van der Waals surface area contributed by atoms with Crippen molar-refractivity contribution in [3.63, 3.8) is 0 Å². The Morgan fingerprint density at radius 2 is 1.88 bits per heavy atom. The molecule has 2 heterocycles. The molecule has 0 saturated carbocycles. The molecule has 1 aromatic heterocycles. The topological polar surface area (TPSA) is 67.4 Å². The SMILES string of the molecule is O=C(NC1CCCN(c2ncccn2)C1)c1ccc(OC(F)(F)F)cc1. The predicted molar refractivity (Wildman–Crippen MR) is 87.9 cm³/mol. The van der Waals surface area contributed by atoms with Gasteiger partial charge >= 0.3 is 6.36 Å².